The van der Waals surface area contributed by atoms with Crippen LogP contribution in [0.25, 0.3) is 0 Å². The fourth-order valence-corrected chi connectivity index (χ4v) is 2.65. The van der Waals surface area contributed by atoms with Crippen molar-refractivity contribution in [2.45, 2.75) is 16.7 Å². The highest BCUT2D eigenvalue weighted by Gasteiger charge is 2.00. The molecular weight excluding hydrogens is 216 g/mol. The maximum atomic E-state index is 9.23. The summed E-state index contributed by atoms with van der Waals surface area (Å²) in [4.78, 5) is 2.36. The Balaban J connectivity index is 2.32. The normalized spacial score (nSPS) is 12.3. The standard InChI is InChI=1S/C14H14OS/c1-11-3-7-13(8-4-11)16(2)14-9-5-12(15)6-10-14/h3-10,15H,2H2,1H3. The summed E-state index contributed by atoms with van der Waals surface area (Å²) in [5.41, 5.74) is 1.26. The van der Waals surface area contributed by atoms with Gasteiger partial charge in [-0.25, -0.2) is 0 Å². The van der Waals surface area contributed by atoms with E-state index in [1.54, 1.807) is 12.1 Å². The summed E-state index contributed by atoms with van der Waals surface area (Å²) in [6.45, 7) is 2.07. The number of rotatable bonds is 2. The van der Waals surface area contributed by atoms with Crippen LogP contribution in [0.4, 0.5) is 0 Å². The van der Waals surface area contributed by atoms with Crippen molar-refractivity contribution in [1.82, 2.24) is 0 Å². The molecule has 2 aromatic carbocycles. The average Bonchev–Trinajstić information content (AvgIpc) is 2.30. The van der Waals surface area contributed by atoms with Gasteiger partial charge in [-0.3, -0.25) is 0 Å². The Kier molecular flexibility index (Phi) is 3.11. The second kappa shape index (κ2) is 4.54. The first-order chi connectivity index (χ1) is 7.66. The molecule has 1 nitrogen and oxygen atoms in total. The predicted octanol–water partition coefficient (Wildman–Crippen LogP) is 3.82. The zero-order chi connectivity index (χ0) is 11.5. The summed E-state index contributed by atoms with van der Waals surface area (Å²) in [6.07, 6.45) is 0. The van der Waals surface area contributed by atoms with Crippen LogP contribution in [-0.4, -0.2) is 11.0 Å². The molecule has 0 aliphatic heterocycles. The topological polar surface area (TPSA) is 20.2 Å². The molecule has 0 heterocycles. The molecule has 0 radical (unpaired) electrons. The smallest absolute Gasteiger partial charge is 0.115 e. The molecule has 16 heavy (non-hydrogen) atoms. The van der Waals surface area contributed by atoms with E-state index in [0.29, 0.717) is 5.75 Å². The Morgan fingerprint density at radius 2 is 1.31 bits per heavy atom. The van der Waals surface area contributed by atoms with Crippen molar-refractivity contribution >= 4 is 16.4 Å². The zero-order valence-corrected chi connectivity index (χ0v) is 10.00. The first-order valence-corrected chi connectivity index (χ1v) is 6.46. The maximum Gasteiger partial charge on any atom is 0.115 e. The minimum Gasteiger partial charge on any atom is -0.508 e. The molecule has 2 heteroatoms. The number of hydrogen-bond donors (Lipinski definition) is 1. The predicted molar refractivity (Wildman–Crippen MR) is 70.5 cm³/mol. The van der Waals surface area contributed by atoms with Crippen molar-refractivity contribution in [3.05, 3.63) is 54.1 Å². The third-order valence-electron chi connectivity index (χ3n) is 2.43. The highest BCUT2D eigenvalue weighted by molar-refractivity contribution is 8.14. The van der Waals surface area contributed by atoms with Crippen LogP contribution in [0.3, 0.4) is 0 Å². The van der Waals surface area contributed by atoms with E-state index in [9.17, 15) is 5.11 Å². The van der Waals surface area contributed by atoms with Crippen molar-refractivity contribution in [2.75, 3.05) is 0 Å². The van der Waals surface area contributed by atoms with Crippen LogP contribution in [0.5, 0.6) is 5.75 Å². The Hall–Kier alpha value is -1.54. The lowest BCUT2D eigenvalue weighted by atomic mass is 10.2. The van der Waals surface area contributed by atoms with Crippen LogP contribution < -0.4 is 0 Å². The van der Waals surface area contributed by atoms with Gasteiger partial charge in [-0.2, -0.15) is 0 Å². The number of phenols is 1. The molecule has 0 bridgehead atoms. The lowest BCUT2D eigenvalue weighted by Gasteiger charge is -2.08. The third-order valence-corrected chi connectivity index (χ3v) is 4.11. The molecule has 0 aliphatic carbocycles. The summed E-state index contributed by atoms with van der Waals surface area (Å²) in [6, 6.07) is 15.7. The second-order valence-corrected chi connectivity index (χ2v) is 5.42. The number of phenolic OH excluding ortho intramolecular Hbond substituents is 1. The van der Waals surface area contributed by atoms with Gasteiger partial charge >= 0.3 is 0 Å². The van der Waals surface area contributed by atoms with Crippen LogP contribution in [-0.2, 0) is 0 Å². The third kappa shape index (κ3) is 2.34. The number of aryl methyl sites for hydroxylation is 1. The monoisotopic (exact) mass is 230 g/mol. The quantitative estimate of drug-likeness (QED) is 0.778. The summed E-state index contributed by atoms with van der Waals surface area (Å²) in [7, 11) is -0.174. The van der Waals surface area contributed by atoms with Crippen LogP contribution >= 0.6 is 10.5 Å². The van der Waals surface area contributed by atoms with E-state index in [1.165, 1.54) is 10.5 Å². The minimum absolute atomic E-state index is 0.174. The van der Waals surface area contributed by atoms with Gasteiger partial charge in [0.05, 0.1) is 0 Å². The Bertz CT molecular complexity index is 450. The molecule has 0 fully saturated rings. The summed E-state index contributed by atoms with van der Waals surface area (Å²) in [5.74, 6) is 4.48. The average molecular weight is 230 g/mol. The molecule has 1 N–H and O–H groups in total. The molecule has 0 aliphatic rings. The Morgan fingerprint density at radius 3 is 1.81 bits per heavy atom. The first-order valence-electron chi connectivity index (χ1n) is 5.06. The zero-order valence-electron chi connectivity index (χ0n) is 9.18. The van der Waals surface area contributed by atoms with Crippen LogP contribution in [0, 0.1) is 6.92 Å². The van der Waals surface area contributed by atoms with E-state index >= 15 is 0 Å². The number of aromatic hydroxyl groups is 1. The van der Waals surface area contributed by atoms with E-state index in [4.69, 9.17) is 0 Å². The van der Waals surface area contributed by atoms with Crippen LogP contribution in [0.15, 0.2) is 58.3 Å². The van der Waals surface area contributed by atoms with Gasteiger partial charge in [0, 0.05) is 9.79 Å². The molecule has 0 saturated heterocycles. The van der Waals surface area contributed by atoms with Gasteiger partial charge in [-0.1, -0.05) is 23.6 Å². The van der Waals surface area contributed by atoms with Gasteiger partial charge in [-0.05, 0) is 43.3 Å². The van der Waals surface area contributed by atoms with E-state index in [1.807, 2.05) is 12.1 Å². The largest absolute Gasteiger partial charge is 0.508 e. The van der Waals surface area contributed by atoms with Crippen molar-refractivity contribution in [2.24, 2.45) is 0 Å². The van der Waals surface area contributed by atoms with Crippen molar-refractivity contribution in [3.63, 3.8) is 0 Å². The molecule has 0 aromatic heterocycles. The molecular formula is C14H14OS. The minimum atomic E-state index is -0.174. The molecule has 1 unspecified atom stereocenters. The van der Waals surface area contributed by atoms with Crippen molar-refractivity contribution in [3.8, 4) is 5.75 Å². The molecule has 2 rings (SSSR count). The molecule has 0 saturated carbocycles. The molecule has 82 valence electrons. The highest BCUT2D eigenvalue weighted by atomic mass is 32.2. The van der Waals surface area contributed by atoms with E-state index in [0.717, 1.165) is 4.90 Å². The van der Waals surface area contributed by atoms with Gasteiger partial charge < -0.3 is 5.11 Å². The van der Waals surface area contributed by atoms with Gasteiger partial charge in [-0.15, -0.1) is 10.5 Å². The SMILES string of the molecule is C=S(c1ccc(C)cc1)c1ccc(O)cc1. The van der Waals surface area contributed by atoms with E-state index in [-0.39, 0.29) is 10.5 Å². The van der Waals surface area contributed by atoms with Crippen molar-refractivity contribution in [1.29, 1.82) is 0 Å². The summed E-state index contributed by atoms with van der Waals surface area (Å²) >= 11 is 0. The molecule has 0 spiro atoms. The first kappa shape index (κ1) is 11.0. The fraction of sp³-hybridized carbons (Fsp3) is 0.0714. The van der Waals surface area contributed by atoms with Gasteiger partial charge in [0.1, 0.15) is 5.75 Å². The van der Waals surface area contributed by atoms with Crippen LogP contribution in [0.1, 0.15) is 5.56 Å². The van der Waals surface area contributed by atoms with E-state index in [2.05, 4.69) is 37.1 Å². The van der Waals surface area contributed by atoms with Gasteiger partial charge in [0.15, 0.2) is 0 Å². The summed E-state index contributed by atoms with van der Waals surface area (Å²) < 4.78 is 0. The summed E-state index contributed by atoms with van der Waals surface area (Å²) in [5, 5.41) is 9.23. The molecule has 2 aromatic rings. The van der Waals surface area contributed by atoms with E-state index < -0.39 is 0 Å². The highest BCUT2D eigenvalue weighted by Crippen LogP contribution is 2.34. The Labute approximate surface area is 98.3 Å². The van der Waals surface area contributed by atoms with Gasteiger partial charge in [0.25, 0.3) is 0 Å². The van der Waals surface area contributed by atoms with Crippen LogP contribution in [0.2, 0.25) is 0 Å². The van der Waals surface area contributed by atoms with Crippen molar-refractivity contribution < 1.29 is 5.11 Å². The number of hydrogen-bond acceptors (Lipinski definition) is 1. The second-order valence-electron chi connectivity index (χ2n) is 3.70. The van der Waals surface area contributed by atoms with Gasteiger partial charge in [0.2, 0.25) is 0 Å². The molecule has 1 atom stereocenters. The maximum absolute atomic E-state index is 9.23. The molecule has 0 amide bonds. The number of benzene rings is 2. The Morgan fingerprint density at radius 1 is 0.875 bits per heavy atom. The lowest BCUT2D eigenvalue weighted by molar-refractivity contribution is 0.475. The lowest BCUT2D eigenvalue weighted by Crippen LogP contribution is -1.78. The fourth-order valence-electron chi connectivity index (χ4n) is 1.45.